The molecule has 0 aliphatic heterocycles. The monoisotopic (exact) mass is 718 g/mol. The molecule has 52 heavy (non-hydrogen) atoms. The van der Waals surface area contributed by atoms with Gasteiger partial charge in [-0.1, -0.05) is 65.3 Å². The van der Waals surface area contributed by atoms with Crippen molar-refractivity contribution < 1.29 is 38.2 Å². The summed E-state index contributed by atoms with van der Waals surface area (Å²) in [6, 6.07) is 9.62. The summed E-state index contributed by atoms with van der Waals surface area (Å²) in [4.78, 5) is 66.9. The van der Waals surface area contributed by atoms with E-state index in [4.69, 9.17) is 14.2 Å². The molecular weight excluding hydrogens is 660 g/mol. The van der Waals surface area contributed by atoms with Crippen LogP contribution in [-0.2, 0) is 38.2 Å². The average Bonchev–Trinajstić information content (AvgIpc) is 3.07. The van der Waals surface area contributed by atoms with Gasteiger partial charge in [0.2, 0.25) is 5.91 Å². The van der Waals surface area contributed by atoms with Crippen molar-refractivity contribution in [2.24, 2.45) is 56.7 Å². The van der Waals surface area contributed by atoms with E-state index in [1.807, 2.05) is 43.3 Å². The van der Waals surface area contributed by atoms with Crippen LogP contribution in [0.15, 0.2) is 42.0 Å². The highest BCUT2D eigenvalue weighted by Crippen LogP contribution is 2.75. The summed E-state index contributed by atoms with van der Waals surface area (Å²) in [5.74, 6) is -1.65. The van der Waals surface area contributed by atoms with E-state index in [9.17, 15) is 19.2 Å². The first-order valence-corrected chi connectivity index (χ1v) is 19.2. The maximum Gasteiger partial charge on any atom is 0.303 e. The molecule has 4 fully saturated rings. The number of anilines is 1. The van der Waals surface area contributed by atoms with Gasteiger partial charge in [0.1, 0.15) is 18.8 Å². The molecule has 0 spiro atoms. The number of hydrazine groups is 1. The van der Waals surface area contributed by atoms with Crippen LogP contribution in [0.25, 0.3) is 0 Å². The van der Waals surface area contributed by atoms with Crippen LogP contribution in [0.4, 0.5) is 5.69 Å². The first kappa shape index (κ1) is 38.0. The third-order valence-corrected chi connectivity index (χ3v) is 15.2. The van der Waals surface area contributed by atoms with Gasteiger partial charge in [-0.2, -0.15) is 0 Å². The van der Waals surface area contributed by atoms with Crippen LogP contribution in [-0.4, -0.2) is 48.4 Å². The molecule has 284 valence electrons. The number of carbonyl (C=O) groups excluding carboxylic acids is 5. The number of esters is 3. The Labute approximate surface area is 308 Å². The smallest absolute Gasteiger partial charge is 0.303 e. The van der Waals surface area contributed by atoms with E-state index in [0.29, 0.717) is 25.2 Å². The number of ketones is 1. The minimum Gasteiger partial charge on any atom is -0.465 e. The van der Waals surface area contributed by atoms with Gasteiger partial charge in [-0.3, -0.25) is 34.8 Å². The molecular formula is C42H58N2O8. The zero-order valence-electron chi connectivity index (χ0n) is 32.4. The van der Waals surface area contributed by atoms with Crippen molar-refractivity contribution in [1.82, 2.24) is 5.43 Å². The highest BCUT2D eigenvalue weighted by atomic mass is 16.6. The molecule has 1 aromatic carbocycles. The molecule has 0 bridgehead atoms. The molecule has 5 aliphatic rings. The Morgan fingerprint density at radius 3 is 2.15 bits per heavy atom. The Kier molecular flexibility index (Phi) is 9.74. The summed E-state index contributed by atoms with van der Waals surface area (Å²) < 4.78 is 17.6. The predicted molar refractivity (Wildman–Crippen MR) is 195 cm³/mol. The van der Waals surface area contributed by atoms with Crippen molar-refractivity contribution >= 4 is 35.3 Å². The quantitative estimate of drug-likeness (QED) is 0.174. The fraction of sp³-hybridized carbons (Fsp3) is 0.690. The van der Waals surface area contributed by atoms with Gasteiger partial charge >= 0.3 is 17.9 Å². The first-order chi connectivity index (χ1) is 24.3. The molecule has 10 nitrogen and oxygen atoms in total. The maximum atomic E-state index is 15.1. The Balaban J connectivity index is 1.44. The van der Waals surface area contributed by atoms with E-state index < -0.39 is 57.7 Å². The molecule has 2 N–H and O–H groups in total. The summed E-state index contributed by atoms with van der Waals surface area (Å²) in [7, 11) is 0. The van der Waals surface area contributed by atoms with Crippen LogP contribution in [0.5, 0.6) is 0 Å². The molecule has 0 heterocycles. The van der Waals surface area contributed by atoms with Crippen molar-refractivity contribution in [2.75, 3.05) is 12.0 Å². The number of fused-ring (bicyclic) bond motifs is 7. The van der Waals surface area contributed by atoms with Gasteiger partial charge in [0.15, 0.2) is 5.78 Å². The number of hydrogen-bond acceptors (Lipinski definition) is 9. The standard InChI is InChI=1S/C42H58N2O8/c1-24-15-18-42(37(49)44-43-29-13-11-10-12-14-29)20-19-40(8)30(34(42)25(24)2)21-31(48)35-38(6)22-32(51-27(4)46)36(52-28(5)47)39(7,23-50-26(3)45)33(38)16-17-41(35,40)9/h10-14,21,24-25,32-36,43H,15-20,22-23H2,1-9H3,(H,44,49)/t24-,25+,32-,33?,34?,35?,36+,38+,39+,40-,41-,42+/m1/s1. The molecule has 1 amide bonds. The average molecular weight is 719 g/mol. The Morgan fingerprint density at radius 2 is 1.52 bits per heavy atom. The lowest BCUT2D eigenvalue weighted by atomic mass is 9.33. The Morgan fingerprint density at radius 1 is 0.846 bits per heavy atom. The lowest BCUT2D eigenvalue weighted by molar-refractivity contribution is -0.251. The Hall–Kier alpha value is -3.69. The molecule has 10 heteroatoms. The van der Waals surface area contributed by atoms with Gasteiger partial charge in [0, 0.05) is 32.1 Å². The van der Waals surface area contributed by atoms with Gasteiger partial charge in [-0.25, -0.2) is 0 Å². The molecule has 3 unspecified atom stereocenters. The second-order valence-electron chi connectivity index (χ2n) is 17.9. The van der Waals surface area contributed by atoms with E-state index >= 15 is 4.79 Å². The van der Waals surface area contributed by atoms with Crippen LogP contribution in [0.3, 0.4) is 0 Å². The fourth-order valence-corrected chi connectivity index (χ4v) is 12.5. The first-order valence-electron chi connectivity index (χ1n) is 19.2. The molecule has 0 aromatic heterocycles. The van der Waals surface area contributed by atoms with Gasteiger partial charge < -0.3 is 14.2 Å². The molecule has 1 aromatic rings. The van der Waals surface area contributed by atoms with Gasteiger partial charge in [-0.15, -0.1) is 0 Å². The van der Waals surface area contributed by atoms with Crippen molar-refractivity contribution in [3.63, 3.8) is 0 Å². The number of para-hydroxylation sites is 1. The third-order valence-electron chi connectivity index (χ3n) is 15.2. The van der Waals surface area contributed by atoms with E-state index in [1.54, 1.807) is 0 Å². The number of hydrogen-bond donors (Lipinski definition) is 2. The molecule has 4 saturated carbocycles. The summed E-state index contributed by atoms with van der Waals surface area (Å²) in [5.41, 5.74) is 4.98. The summed E-state index contributed by atoms with van der Waals surface area (Å²) in [6.07, 6.45) is 5.11. The molecule has 0 radical (unpaired) electrons. The van der Waals surface area contributed by atoms with Crippen molar-refractivity contribution in [3.8, 4) is 0 Å². The maximum absolute atomic E-state index is 15.1. The highest BCUT2D eigenvalue weighted by molar-refractivity contribution is 5.96. The molecule has 12 atom stereocenters. The lowest BCUT2D eigenvalue weighted by Gasteiger charge is -2.71. The number of amides is 1. The van der Waals surface area contributed by atoms with Crippen LogP contribution in [0, 0.1) is 56.7 Å². The summed E-state index contributed by atoms with van der Waals surface area (Å²) in [5, 5.41) is 0. The Bertz CT molecular complexity index is 1660. The van der Waals surface area contributed by atoms with Crippen molar-refractivity contribution in [1.29, 1.82) is 0 Å². The van der Waals surface area contributed by atoms with Crippen LogP contribution in [0.2, 0.25) is 0 Å². The number of nitrogens with one attached hydrogen (secondary N) is 2. The van der Waals surface area contributed by atoms with Crippen LogP contribution >= 0.6 is 0 Å². The van der Waals surface area contributed by atoms with Gasteiger partial charge in [-0.05, 0) is 103 Å². The number of ether oxygens (including phenoxy) is 3. The van der Waals surface area contributed by atoms with Gasteiger partial charge in [0.25, 0.3) is 0 Å². The highest BCUT2D eigenvalue weighted by Gasteiger charge is 2.73. The van der Waals surface area contributed by atoms with Gasteiger partial charge in [0.05, 0.1) is 11.1 Å². The van der Waals surface area contributed by atoms with E-state index in [0.717, 1.165) is 36.9 Å². The fourth-order valence-electron chi connectivity index (χ4n) is 12.5. The zero-order chi connectivity index (χ0) is 38.0. The molecule has 0 saturated heterocycles. The summed E-state index contributed by atoms with van der Waals surface area (Å²) in [6.45, 7) is 17.2. The van der Waals surface area contributed by atoms with E-state index in [-0.39, 0.29) is 41.5 Å². The normalized spacial score (nSPS) is 42.1. The largest absolute Gasteiger partial charge is 0.465 e. The van der Waals surface area contributed by atoms with Crippen LogP contribution < -0.4 is 10.9 Å². The summed E-state index contributed by atoms with van der Waals surface area (Å²) >= 11 is 0. The second kappa shape index (κ2) is 13.3. The number of allylic oxidation sites excluding steroid dienone is 2. The minimum absolute atomic E-state index is 0.0206. The van der Waals surface area contributed by atoms with Crippen molar-refractivity contribution in [3.05, 3.63) is 42.0 Å². The SMILES string of the molecule is CC(=O)OC[C@@]1(C)C2CC[C@]3(C)C(C(=O)C=C4C5[C@@H](C)[C@H](C)CC[C@]5(C(=O)NNc5ccccc5)CC[C@]43C)[C@@]2(C)C[C@@H](OC(C)=O)[C@@H]1OC(C)=O. The lowest BCUT2D eigenvalue weighted by Crippen LogP contribution is -2.71. The van der Waals surface area contributed by atoms with Crippen molar-refractivity contribution in [2.45, 2.75) is 119 Å². The second-order valence-corrected chi connectivity index (χ2v) is 17.9. The number of carbonyl (C=O) groups is 5. The number of rotatable bonds is 7. The number of benzene rings is 1. The third kappa shape index (κ3) is 5.77. The molecule has 6 rings (SSSR count). The topological polar surface area (TPSA) is 137 Å². The minimum atomic E-state index is -0.935. The zero-order valence-corrected chi connectivity index (χ0v) is 32.4. The predicted octanol–water partition coefficient (Wildman–Crippen LogP) is 6.98. The van der Waals surface area contributed by atoms with Crippen LogP contribution in [0.1, 0.15) is 107 Å². The van der Waals surface area contributed by atoms with E-state index in [2.05, 4.69) is 45.5 Å². The van der Waals surface area contributed by atoms with E-state index in [1.165, 1.54) is 20.8 Å². The molecule has 5 aliphatic carbocycles.